The van der Waals surface area contributed by atoms with Crippen LogP contribution in [0.1, 0.15) is 10.4 Å². The minimum absolute atomic E-state index is 0.845. The van der Waals surface area contributed by atoms with Gasteiger partial charge in [-0.2, -0.15) is 12.6 Å². The van der Waals surface area contributed by atoms with Gasteiger partial charge in [0.2, 0.25) is 0 Å². The largest absolute Gasteiger partial charge is 0.295 e. The topological polar surface area (TPSA) is 3.24 Å². The molecule has 1 aliphatic heterocycles. The number of hydrogen-bond acceptors (Lipinski definition) is 3. The van der Waals surface area contributed by atoms with Crippen molar-refractivity contribution in [1.29, 1.82) is 0 Å². The fraction of sp³-hybridized carbons (Fsp3) is 0.455. The highest BCUT2D eigenvalue weighted by Gasteiger charge is 2.15. The maximum atomic E-state index is 4.15. The fourth-order valence-corrected chi connectivity index (χ4v) is 2.80. The van der Waals surface area contributed by atoms with Gasteiger partial charge in [0.25, 0.3) is 0 Å². The molecule has 2 heterocycles. The summed E-state index contributed by atoms with van der Waals surface area (Å²) in [6, 6.07) is 2.26. The van der Waals surface area contributed by atoms with Gasteiger partial charge in [-0.1, -0.05) is 12.2 Å². The standard InChI is InChI=1S/C11H15NS2/c13-7-2-1-5-12-6-3-11-10(9-12)4-8-14-11/h1-2,4,8,13H,3,5-7,9H2. The predicted octanol–water partition coefficient (Wildman–Crippen LogP) is 2.59. The Morgan fingerprint density at radius 1 is 1.50 bits per heavy atom. The summed E-state index contributed by atoms with van der Waals surface area (Å²) >= 11 is 6.05. The van der Waals surface area contributed by atoms with E-state index in [-0.39, 0.29) is 0 Å². The van der Waals surface area contributed by atoms with Crippen molar-refractivity contribution < 1.29 is 0 Å². The van der Waals surface area contributed by atoms with Gasteiger partial charge >= 0.3 is 0 Å². The van der Waals surface area contributed by atoms with E-state index in [1.165, 1.54) is 18.5 Å². The van der Waals surface area contributed by atoms with Gasteiger partial charge in [-0.25, -0.2) is 0 Å². The number of thiol groups is 1. The Hall–Kier alpha value is -0.250. The average Bonchev–Trinajstić information content (AvgIpc) is 2.65. The van der Waals surface area contributed by atoms with E-state index in [1.54, 1.807) is 4.88 Å². The average molecular weight is 225 g/mol. The zero-order valence-electron chi connectivity index (χ0n) is 8.15. The maximum absolute atomic E-state index is 4.15. The van der Waals surface area contributed by atoms with E-state index in [9.17, 15) is 0 Å². The lowest BCUT2D eigenvalue weighted by atomic mass is 10.1. The van der Waals surface area contributed by atoms with Gasteiger partial charge < -0.3 is 0 Å². The number of rotatable bonds is 3. The summed E-state index contributed by atoms with van der Waals surface area (Å²) in [7, 11) is 0. The van der Waals surface area contributed by atoms with Gasteiger partial charge in [0.05, 0.1) is 0 Å². The molecule has 76 valence electrons. The van der Waals surface area contributed by atoms with Crippen LogP contribution in [0.25, 0.3) is 0 Å². The van der Waals surface area contributed by atoms with Crippen LogP contribution in [0.2, 0.25) is 0 Å². The highest BCUT2D eigenvalue weighted by molar-refractivity contribution is 7.80. The first-order chi connectivity index (χ1) is 6.90. The Labute approximate surface area is 94.8 Å². The van der Waals surface area contributed by atoms with E-state index in [4.69, 9.17) is 0 Å². The van der Waals surface area contributed by atoms with Crippen molar-refractivity contribution in [2.24, 2.45) is 0 Å². The zero-order valence-corrected chi connectivity index (χ0v) is 9.86. The van der Waals surface area contributed by atoms with Crippen LogP contribution in [0.3, 0.4) is 0 Å². The summed E-state index contributed by atoms with van der Waals surface area (Å²) in [6.45, 7) is 3.38. The smallest absolute Gasteiger partial charge is 0.0248 e. The van der Waals surface area contributed by atoms with Crippen LogP contribution in [0.4, 0.5) is 0 Å². The van der Waals surface area contributed by atoms with Crippen molar-refractivity contribution in [2.45, 2.75) is 13.0 Å². The van der Waals surface area contributed by atoms with Crippen molar-refractivity contribution in [1.82, 2.24) is 4.90 Å². The monoisotopic (exact) mass is 225 g/mol. The Morgan fingerprint density at radius 3 is 3.29 bits per heavy atom. The van der Waals surface area contributed by atoms with Crippen molar-refractivity contribution in [3.63, 3.8) is 0 Å². The molecule has 14 heavy (non-hydrogen) atoms. The van der Waals surface area contributed by atoms with Crippen molar-refractivity contribution >= 4 is 24.0 Å². The Kier molecular flexibility index (Phi) is 3.67. The lowest BCUT2D eigenvalue weighted by molar-refractivity contribution is 0.284. The Balaban J connectivity index is 1.91. The summed E-state index contributed by atoms with van der Waals surface area (Å²) in [5.74, 6) is 0.845. The second kappa shape index (κ2) is 5.01. The van der Waals surface area contributed by atoms with Gasteiger partial charge in [-0.3, -0.25) is 4.90 Å². The van der Waals surface area contributed by atoms with Crippen molar-refractivity contribution in [3.05, 3.63) is 34.0 Å². The van der Waals surface area contributed by atoms with Crippen LogP contribution in [0.5, 0.6) is 0 Å². The third-order valence-corrected chi connectivity index (χ3v) is 3.76. The van der Waals surface area contributed by atoms with Gasteiger partial charge in [0.15, 0.2) is 0 Å². The molecule has 0 fully saturated rings. The molecule has 0 radical (unpaired) electrons. The molecular formula is C11H15NS2. The number of thiophene rings is 1. The summed E-state index contributed by atoms with van der Waals surface area (Å²) in [5.41, 5.74) is 1.53. The van der Waals surface area contributed by atoms with Crippen LogP contribution in [-0.2, 0) is 13.0 Å². The molecule has 3 heteroatoms. The summed E-state index contributed by atoms with van der Waals surface area (Å²) in [4.78, 5) is 4.06. The summed E-state index contributed by atoms with van der Waals surface area (Å²) in [5, 5.41) is 2.21. The maximum Gasteiger partial charge on any atom is 0.0248 e. The molecule has 1 aliphatic rings. The van der Waals surface area contributed by atoms with Gasteiger partial charge in [-0.15, -0.1) is 11.3 Å². The van der Waals surface area contributed by atoms with Crippen LogP contribution in [-0.4, -0.2) is 23.7 Å². The SMILES string of the molecule is SCC=CCN1CCc2sccc2C1. The van der Waals surface area contributed by atoms with E-state index >= 15 is 0 Å². The van der Waals surface area contributed by atoms with Gasteiger partial charge in [0, 0.05) is 30.3 Å². The number of hydrogen-bond donors (Lipinski definition) is 1. The van der Waals surface area contributed by atoms with Crippen molar-refractivity contribution in [3.8, 4) is 0 Å². The molecule has 0 atom stereocenters. The molecule has 1 aromatic rings. The highest BCUT2D eigenvalue weighted by Crippen LogP contribution is 2.23. The van der Waals surface area contributed by atoms with E-state index in [0.29, 0.717) is 0 Å². The second-order valence-corrected chi connectivity index (χ2v) is 4.87. The minimum atomic E-state index is 0.845. The Bertz CT molecular complexity index is 317. The first-order valence-corrected chi connectivity index (χ1v) is 6.45. The van der Waals surface area contributed by atoms with E-state index in [0.717, 1.165) is 18.8 Å². The highest BCUT2D eigenvalue weighted by atomic mass is 32.1. The molecule has 0 saturated carbocycles. The molecule has 0 amide bonds. The number of fused-ring (bicyclic) bond motifs is 1. The molecule has 1 aromatic heterocycles. The molecule has 2 rings (SSSR count). The minimum Gasteiger partial charge on any atom is -0.295 e. The molecule has 1 nitrogen and oxygen atoms in total. The molecule has 0 aliphatic carbocycles. The lowest BCUT2D eigenvalue weighted by Crippen LogP contribution is -2.29. The molecule has 0 unspecified atom stereocenters. The van der Waals surface area contributed by atoms with Crippen LogP contribution in [0.15, 0.2) is 23.6 Å². The van der Waals surface area contributed by atoms with E-state index < -0.39 is 0 Å². The molecule has 0 spiro atoms. The van der Waals surface area contributed by atoms with Gasteiger partial charge in [0.1, 0.15) is 0 Å². The quantitative estimate of drug-likeness (QED) is 0.611. The Morgan fingerprint density at radius 2 is 2.43 bits per heavy atom. The van der Waals surface area contributed by atoms with Gasteiger partial charge in [-0.05, 0) is 23.4 Å². The molecule has 0 bridgehead atoms. The third kappa shape index (κ3) is 2.41. The molecule has 0 N–H and O–H groups in total. The third-order valence-electron chi connectivity index (χ3n) is 2.52. The van der Waals surface area contributed by atoms with Crippen LogP contribution in [0, 0.1) is 0 Å². The first kappa shape index (κ1) is 10.3. The first-order valence-electron chi connectivity index (χ1n) is 4.93. The number of nitrogens with zero attached hydrogens (tertiary/aromatic N) is 1. The fourth-order valence-electron chi connectivity index (χ4n) is 1.76. The summed E-state index contributed by atoms with van der Waals surface area (Å²) in [6.07, 6.45) is 5.55. The van der Waals surface area contributed by atoms with Crippen molar-refractivity contribution in [2.75, 3.05) is 18.8 Å². The van der Waals surface area contributed by atoms with Crippen LogP contribution >= 0.6 is 24.0 Å². The predicted molar refractivity (Wildman–Crippen MR) is 66.3 cm³/mol. The summed E-state index contributed by atoms with van der Waals surface area (Å²) < 4.78 is 0. The molecular weight excluding hydrogens is 210 g/mol. The van der Waals surface area contributed by atoms with E-state index in [1.807, 2.05) is 11.3 Å². The molecule has 0 aromatic carbocycles. The van der Waals surface area contributed by atoms with E-state index in [2.05, 4.69) is 41.1 Å². The molecule has 0 saturated heterocycles. The zero-order chi connectivity index (χ0) is 9.80. The lowest BCUT2D eigenvalue weighted by Gasteiger charge is -2.25. The second-order valence-electron chi connectivity index (χ2n) is 3.51. The van der Waals surface area contributed by atoms with Crippen LogP contribution < -0.4 is 0 Å². The normalized spacial score (nSPS) is 17.5.